The molecule has 0 aliphatic carbocycles. The molecule has 0 bridgehead atoms. The van der Waals surface area contributed by atoms with Gasteiger partial charge in [0.2, 0.25) is 0 Å². The zero-order valence-electron chi connectivity index (χ0n) is 15.2. The predicted octanol–water partition coefficient (Wildman–Crippen LogP) is 4.29. The summed E-state index contributed by atoms with van der Waals surface area (Å²) in [7, 11) is 0. The van der Waals surface area contributed by atoms with Gasteiger partial charge in [-0.15, -0.1) is 0 Å². The second-order valence-corrected chi connectivity index (χ2v) is 8.11. The van der Waals surface area contributed by atoms with E-state index in [1.165, 1.54) is 0 Å². The van der Waals surface area contributed by atoms with E-state index in [4.69, 9.17) is 16.6 Å². The average Bonchev–Trinajstić information content (AvgIpc) is 2.62. The van der Waals surface area contributed by atoms with E-state index in [1.54, 1.807) is 12.1 Å². The topological polar surface area (TPSA) is 49.3 Å². The fraction of sp³-hybridized carbons (Fsp3) is 0.421. The van der Waals surface area contributed by atoms with E-state index in [2.05, 4.69) is 39.7 Å². The summed E-state index contributed by atoms with van der Waals surface area (Å²) < 4.78 is 0.849. The van der Waals surface area contributed by atoms with E-state index in [-0.39, 0.29) is 11.8 Å². The first-order valence-corrected chi connectivity index (χ1v) is 9.87. The van der Waals surface area contributed by atoms with Crippen molar-refractivity contribution in [2.75, 3.05) is 31.1 Å². The number of nitrogens with zero attached hydrogens (tertiary/aromatic N) is 4. The van der Waals surface area contributed by atoms with Crippen LogP contribution in [0.1, 0.15) is 41.6 Å². The zero-order chi connectivity index (χ0) is 18.8. The molecule has 1 aliphatic rings. The highest BCUT2D eigenvalue weighted by molar-refractivity contribution is 9.10. The number of halogens is 2. The summed E-state index contributed by atoms with van der Waals surface area (Å²) in [6.07, 6.45) is 0. The van der Waals surface area contributed by atoms with Crippen LogP contribution in [0.15, 0.2) is 28.7 Å². The molecule has 3 rings (SSSR count). The maximum absolute atomic E-state index is 12.8. The van der Waals surface area contributed by atoms with Crippen molar-refractivity contribution in [2.45, 2.75) is 26.7 Å². The summed E-state index contributed by atoms with van der Waals surface area (Å²) in [5.74, 6) is 2.06. The van der Waals surface area contributed by atoms with E-state index < -0.39 is 0 Å². The number of benzene rings is 1. The lowest BCUT2D eigenvalue weighted by Crippen LogP contribution is -2.49. The van der Waals surface area contributed by atoms with Crippen LogP contribution < -0.4 is 4.90 Å². The van der Waals surface area contributed by atoms with Crippen molar-refractivity contribution in [3.63, 3.8) is 0 Å². The van der Waals surface area contributed by atoms with E-state index >= 15 is 0 Å². The van der Waals surface area contributed by atoms with Gasteiger partial charge in [-0.3, -0.25) is 4.79 Å². The van der Waals surface area contributed by atoms with Crippen molar-refractivity contribution in [2.24, 2.45) is 0 Å². The van der Waals surface area contributed by atoms with Crippen molar-refractivity contribution >= 4 is 39.3 Å². The molecule has 1 aromatic carbocycles. The normalized spacial score (nSPS) is 14.8. The highest BCUT2D eigenvalue weighted by atomic mass is 79.9. The summed E-state index contributed by atoms with van der Waals surface area (Å²) in [5.41, 5.74) is 1.51. The molecule has 0 radical (unpaired) electrons. The number of carbonyl (C=O) groups is 1. The largest absolute Gasteiger partial charge is 0.353 e. The maximum atomic E-state index is 12.8. The van der Waals surface area contributed by atoms with Crippen LogP contribution in [0.2, 0.25) is 5.02 Å². The average molecular weight is 438 g/mol. The standard InChI is InChI=1S/C19H22BrClN4O/c1-12(2)18-22-13(3)10-17(23-18)24-6-8-25(9-7-24)19(26)15-11-14(20)4-5-16(15)21/h4-5,10-12H,6-9H2,1-3H3. The van der Waals surface area contributed by atoms with E-state index in [1.807, 2.05) is 24.0 Å². The first kappa shape index (κ1) is 19.1. The Labute approximate surface area is 167 Å². The molecular formula is C19H22BrClN4O. The molecule has 138 valence electrons. The van der Waals surface area contributed by atoms with Crippen LogP contribution in [0.4, 0.5) is 5.82 Å². The van der Waals surface area contributed by atoms with Gasteiger partial charge in [0.15, 0.2) is 0 Å². The van der Waals surface area contributed by atoms with Gasteiger partial charge in [-0.05, 0) is 25.1 Å². The van der Waals surface area contributed by atoms with Gasteiger partial charge in [-0.25, -0.2) is 9.97 Å². The highest BCUT2D eigenvalue weighted by Gasteiger charge is 2.25. The summed E-state index contributed by atoms with van der Waals surface area (Å²) in [5, 5.41) is 0.480. The molecule has 0 atom stereocenters. The molecule has 5 nitrogen and oxygen atoms in total. The molecule has 0 saturated carbocycles. The van der Waals surface area contributed by atoms with Gasteiger partial charge >= 0.3 is 0 Å². The number of rotatable bonds is 3. The number of piperazine rings is 1. The molecule has 7 heteroatoms. The van der Waals surface area contributed by atoms with Gasteiger partial charge in [0.1, 0.15) is 11.6 Å². The fourth-order valence-electron chi connectivity index (χ4n) is 2.97. The van der Waals surface area contributed by atoms with E-state index in [9.17, 15) is 4.79 Å². The van der Waals surface area contributed by atoms with Gasteiger partial charge in [-0.2, -0.15) is 0 Å². The molecule has 2 heterocycles. The summed E-state index contributed by atoms with van der Waals surface area (Å²) in [6, 6.07) is 7.36. The second kappa shape index (κ2) is 7.92. The van der Waals surface area contributed by atoms with Gasteiger partial charge in [0.05, 0.1) is 10.6 Å². The quantitative estimate of drug-likeness (QED) is 0.719. The number of amides is 1. The Morgan fingerprint density at radius 1 is 1.15 bits per heavy atom. The Hall–Kier alpha value is -1.66. The van der Waals surface area contributed by atoms with Crippen LogP contribution in [0, 0.1) is 6.92 Å². The fourth-order valence-corrected chi connectivity index (χ4v) is 3.52. The van der Waals surface area contributed by atoms with Crippen molar-refractivity contribution < 1.29 is 4.79 Å². The van der Waals surface area contributed by atoms with Crippen LogP contribution in [-0.2, 0) is 0 Å². The SMILES string of the molecule is Cc1cc(N2CCN(C(=O)c3cc(Br)ccc3Cl)CC2)nc(C(C)C)n1. The molecule has 1 fully saturated rings. The van der Waals surface area contributed by atoms with Crippen LogP contribution >= 0.6 is 27.5 Å². The van der Waals surface area contributed by atoms with Crippen molar-refractivity contribution in [1.82, 2.24) is 14.9 Å². The van der Waals surface area contributed by atoms with Gasteiger partial charge in [0, 0.05) is 48.3 Å². The molecule has 1 aliphatic heterocycles. The number of aryl methyl sites for hydroxylation is 1. The number of hydrogen-bond acceptors (Lipinski definition) is 4. The predicted molar refractivity (Wildman–Crippen MR) is 108 cm³/mol. The van der Waals surface area contributed by atoms with Gasteiger partial charge in [-0.1, -0.05) is 41.4 Å². The number of carbonyl (C=O) groups excluding carboxylic acids is 1. The Balaban J connectivity index is 1.71. The zero-order valence-corrected chi connectivity index (χ0v) is 17.5. The molecule has 2 aromatic rings. The van der Waals surface area contributed by atoms with Crippen LogP contribution in [0.3, 0.4) is 0 Å². The lowest BCUT2D eigenvalue weighted by molar-refractivity contribution is 0.0746. The molecule has 0 spiro atoms. The summed E-state index contributed by atoms with van der Waals surface area (Å²) >= 11 is 9.61. The molecule has 26 heavy (non-hydrogen) atoms. The molecule has 1 aromatic heterocycles. The number of hydrogen-bond donors (Lipinski definition) is 0. The molecule has 1 amide bonds. The van der Waals surface area contributed by atoms with E-state index in [0.29, 0.717) is 23.7 Å². The highest BCUT2D eigenvalue weighted by Crippen LogP contribution is 2.24. The second-order valence-electron chi connectivity index (χ2n) is 6.78. The van der Waals surface area contributed by atoms with Crippen LogP contribution in [0.5, 0.6) is 0 Å². The third-order valence-corrected chi connectivity index (χ3v) is 5.25. The minimum absolute atomic E-state index is 0.0299. The first-order valence-electron chi connectivity index (χ1n) is 8.70. The van der Waals surface area contributed by atoms with Crippen molar-refractivity contribution in [3.8, 4) is 0 Å². The lowest BCUT2D eigenvalue weighted by atomic mass is 10.1. The lowest BCUT2D eigenvalue weighted by Gasteiger charge is -2.35. The molecule has 1 saturated heterocycles. The third kappa shape index (κ3) is 4.18. The third-order valence-electron chi connectivity index (χ3n) is 4.42. The Morgan fingerprint density at radius 2 is 1.85 bits per heavy atom. The van der Waals surface area contributed by atoms with Crippen LogP contribution in [0.25, 0.3) is 0 Å². The summed E-state index contributed by atoms with van der Waals surface area (Å²) in [6.45, 7) is 8.94. The monoisotopic (exact) mass is 436 g/mol. The molecule has 0 N–H and O–H groups in total. The molecule has 0 unspecified atom stereocenters. The summed E-state index contributed by atoms with van der Waals surface area (Å²) in [4.78, 5) is 26.1. The first-order chi connectivity index (χ1) is 12.3. The van der Waals surface area contributed by atoms with Crippen molar-refractivity contribution in [1.29, 1.82) is 0 Å². The van der Waals surface area contributed by atoms with Crippen LogP contribution in [-0.4, -0.2) is 47.0 Å². The smallest absolute Gasteiger partial charge is 0.255 e. The van der Waals surface area contributed by atoms with Gasteiger partial charge in [0.25, 0.3) is 5.91 Å². The van der Waals surface area contributed by atoms with Crippen molar-refractivity contribution in [3.05, 3.63) is 50.8 Å². The maximum Gasteiger partial charge on any atom is 0.255 e. The Morgan fingerprint density at radius 3 is 2.50 bits per heavy atom. The van der Waals surface area contributed by atoms with Gasteiger partial charge < -0.3 is 9.80 Å². The Kier molecular flexibility index (Phi) is 5.82. The minimum atomic E-state index is -0.0299. The Bertz CT molecular complexity index is 819. The molecular weight excluding hydrogens is 416 g/mol. The van der Waals surface area contributed by atoms with E-state index in [0.717, 1.165) is 34.9 Å². The minimum Gasteiger partial charge on any atom is -0.353 e. The number of anilines is 1. The number of aromatic nitrogens is 2.